The third-order valence-corrected chi connectivity index (χ3v) is 3.08. The van der Waals surface area contributed by atoms with Crippen molar-refractivity contribution in [2.24, 2.45) is 5.92 Å². The van der Waals surface area contributed by atoms with Crippen molar-refractivity contribution in [3.05, 3.63) is 29.6 Å². The molecule has 86 valence electrons. The Morgan fingerprint density at radius 3 is 3.19 bits per heavy atom. The summed E-state index contributed by atoms with van der Waals surface area (Å²) in [6, 6.07) is 1.83. The number of carbonyl (C=O) groups excluding carboxylic acids is 1. The molecular formula is C13H17NO2. The zero-order valence-electron chi connectivity index (χ0n) is 9.61. The summed E-state index contributed by atoms with van der Waals surface area (Å²) in [5.41, 5.74) is 1.87. The van der Waals surface area contributed by atoms with E-state index in [9.17, 15) is 4.79 Å². The van der Waals surface area contributed by atoms with Crippen molar-refractivity contribution in [3.8, 4) is 0 Å². The van der Waals surface area contributed by atoms with E-state index in [-0.39, 0.29) is 11.7 Å². The normalized spacial score (nSPS) is 20.7. The minimum absolute atomic E-state index is 0.0430. The molecule has 0 N–H and O–H groups in total. The van der Waals surface area contributed by atoms with E-state index in [2.05, 4.69) is 4.98 Å². The van der Waals surface area contributed by atoms with Crippen LogP contribution >= 0.6 is 0 Å². The Kier molecular flexibility index (Phi) is 3.67. The van der Waals surface area contributed by atoms with E-state index in [1.807, 2.05) is 13.0 Å². The van der Waals surface area contributed by atoms with E-state index in [0.717, 1.165) is 37.0 Å². The maximum absolute atomic E-state index is 12.3. The number of rotatable bonds is 3. The average Bonchev–Trinajstić information content (AvgIpc) is 2.39. The fraction of sp³-hybridized carbons (Fsp3) is 0.538. The Morgan fingerprint density at radius 2 is 2.50 bits per heavy atom. The summed E-state index contributed by atoms with van der Waals surface area (Å²) in [5.74, 6) is 0.264. The van der Waals surface area contributed by atoms with Crippen LogP contribution in [0.25, 0.3) is 0 Å². The fourth-order valence-electron chi connectivity index (χ4n) is 2.12. The molecule has 0 spiro atoms. The van der Waals surface area contributed by atoms with Gasteiger partial charge in [0.2, 0.25) is 0 Å². The number of carbonyl (C=O) groups is 1. The van der Waals surface area contributed by atoms with Gasteiger partial charge in [0.25, 0.3) is 0 Å². The van der Waals surface area contributed by atoms with Gasteiger partial charge >= 0.3 is 0 Å². The Labute approximate surface area is 95.8 Å². The lowest BCUT2D eigenvalue weighted by atomic mass is 9.90. The van der Waals surface area contributed by atoms with Gasteiger partial charge in [-0.25, -0.2) is 0 Å². The number of ketones is 1. The first-order valence-corrected chi connectivity index (χ1v) is 5.87. The monoisotopic (exact) mass is 219 g/mol. The fourth-order valence-corrected chi connectivity index (χ4v) is 2.12. The van der Waals surface area contributed by atoms with Crippen molar-refractivity contribution in [2.75, 3.05) is 13.2 Å². The highest BCUT2D eigenvalue weighted by Gasteiger charge is 2.24. The van der Waals surface area contributed by atoms with E-state index in [0.29, 0.717) is 6.61 Å². The second-order valence-corrected chi connectivity index (χ2v) is 4.16. The van der Waals surface area contributed by atoms with Crippen LogP contribution in [-0.4, -0.2) is 24.0 Å². The lowest BCUT2D eigenvalue weighted by molar-refractivity contribution is 0.0460. The van der Waals surface area contributed by atoms with Crippen LogP contribution in [0.15, 0.2) is 18.5 Å². The van der Waals surface area contributed by atoms with Crippen LogP contribution in [-0.2, 0) is 11.2 Å². The Hall–Kier alpha value is -1.22. The predicted molar refractivity (Wildman–Crippen MR) is 61.5 cm³/mol. The van der Waals surface area contributed by atoms with Gasteiger partial charge in [-0.15, -0.1) is 0 Å². The maximum Gasteiger partial charge on any atom is 0.168 e. The highest BCUT2D eigenvalue weighted by molar-refractivity contribution is 5.99. The molecule has 2 rings (SSSR count). The van der Waals surface area contributed by atoms with Crippen molar-refractivity contribution >= 4 is 5.78 Å². The Morgan fingerprint density at radius 1 is 1.62 bits per heavy atom. The van der Waals surface area contributed by atoms with Gasteiger partial charge < -0.3 is 4.74 Å². The number of aromatic nitrogens is 1. The Bertz CT molecular complexity index is 370. The SMILES string of the molecule is CCc1cnccc1C(=O)C1CCCOC1. The smallest absolute Gasteiger partial charge is 0.168 e. The van der Waals surface area contributed by atoms with E-state index >= 15 is 0 Å². The molecule has 0 radical (unpaired) electrons. The maximum atomic E-state index is 12.3. The number of Topliss-reactive ketones (excluding diaryl/α,β-unsaturated/α-hetero) is 1. The molecule has 3 heteroatoms. The molecule has 0 aromatic carbocycles. The van der Waals surface area contributed by atoms with E-state index in [4.69, 9.17) is 4.74 Å². The summed E-state index contributed by atoms with van der Waals surface area (Å²) in [6.45, 7) is 3.41. The zero-order valence-corrected chi connectivity index (χ0v) is 9.61. The molecule has 0 saturated carbocycles. The number of aryl methyl sites for hydroxylation is 1. The molecule has 16 heavy (non-hydrogen) atoms. The summed E-state index contributed by atoms with van der Waals surface area (Å²) >= 11 is 0. The number of nitrogens with zero attached hydrogens (tertiary/aromatic N) is 1. The van der Waals surface area contributed by atoms with Crippen molar-refractivity contribution in [1.82, 2.24) is 4.98 Å². The molecule has 1 aliphatic heterocycles. The summed E-state index contributed by atoms with van der Waals surface area (Å²) in [5, 5.41) is 0. The third kappa shape index (κ3) is 2.30. The summed E-state index contributed by atoms with van der Waals surface area (Å²) in [4.78, 5) is 16.3. The van der Waals surface area contributed by atoms with Gasteiger partial charge in [0.05, 0.1) is 6.61 Å². The number of hydrogen-bond donors (Lipinski definition) is 0. The first kappa shape index (κ1) is 11.3. The van der Waals surface area contributed by atoms with Crippen molar-refractivity contribution < 1.29 is 9.53 Å². The standard InChI is InChI=1S/C13H17NO2/c1-2-10-8-14-6-5-12(10)13(15)11-4-3-7-16-9-11/h5-6,8,11H,2-4,7,9H2,1H3. The highest BCUT2D eigenvalue weighted by atomic mass is 16.5. The van der Waals surface area contributed by atoms with Crippen molar-refractivity contribution in [1.29, 1.82) is 0 Å². The van der Waals surface area contributed by atoms with Crippen LogP contribution < -0.4 is 0 Å². The van der Waals surface area contributed by atoms with Crippen LogP contribution in [0.2, 0.25) is 0 Å². The van der Waals surface area contributed by atoms with Gasteiger partial charge in [-0.2, -0.15) is 0 Å². The lowest BCUT2D eigenvalue weighted by Crippen LogP contribution is -2.26. The molecule has 1 aromatic rings. The van der Waals surface area contributed by atoms with Gasteiger partial charge in [-0.05, 0) is 30.9 Å². The number of pyridine rings is 1. The van der Waals surface area contributed by atoms with Gasteiger partial charge in [0.15, 0.2) is 5.78 Å². The molecular weight excluding hydrogens is 202 g/mol. The molecule has 1 aliphatic rings. The molecule has 1 aromatic heterocycles. The first-order chi connectivity index (χ1) is 7.83. The van der Waals surface area contributed by atoms with E-state index in [1.165, 1.54) is 0 Å². The largest absolute Gasteiger partial charge is 0.381 e. The molecule has 1 unspecified atom stereocenters. The first-order valence-electron chi connectivity index (χ1n) is 5.87. The van der Waals surface area contributed by atoms with Crippen molar-refractivity contribution in [2.45, 2.75) is 26.2 Å². The van der Waals surface area contributed by atoms with Gasteiger partial charge in [0.1, 0.15) is 0 Å². The lowest BCUT2D eigenvalue weighted by Gasteiger charge is -2.21. The van der Waals surface area contributed by atoms with Crippen LogP contribution in [0.4, 0.5) is 0 Å². The number of hydrogen-bond acceptors (Lipinski definition) is 3. The van der Waals surface area contributed by atoms with E-state index < -0.39 is 0 Å². The van der Waals surface area contributed by atoms with Gasteiger partial charge in [-0.1, -0.05) is 6.92 Å². The van der Waals surface area contributed by atoms with Crippen LogP contribution in [0.3, 0.4) is 0 Å². The number of ether oxygens (including phenoxy) is 1. The summed E-state index contributed by atoms with van der Waals surface area (Å²) < 4.78 is 5.36. The van der Waals surface area contributed by atoms with Crippen LogP contribution in [0, 0.1) is 5.92 Å². The van der Waals surface area contributed by atoms with Crippen LogP contribution in [0.1, 0.15) is 35.7 Å². The topological polar surface area (TPSA) is 39.2 Å². The second-order valence-electron chi connectivity index (χ2n) is 4.16. The molecule has 1 saturated heterocycles. The minimum atomic E-state index is 0.0430. The second kappa shape index (κ2) is 5.21. The Balaban J connectivity index is 2.19. The van der Waals surface area contributed by atoms with Gasteiger partial charge in [-0.3, -0.25) is 9.78 Å². The van der Waals surface area contributed by atoms with Gasteiger partial charge in [0, 0.05) is 30.5 Å². The summed E-state index contributed by atoms with van der Waals surface area (Å²) in [7, 11) is 0. The molecule has 0 amide bonds. The van der Waals surface area contributed by atoms with E-state index in [1.54, 1.807) is 12.4 Å². The third-order valence-electron chi connectivity index (χ3n) is 3.08. The van der Waals surface area contributed by atoms with Crippen molar-refractivity contribution in [3.63, 3.8) is 0 Å². The zero-order chi connectivity index (χ0) is 11.4. The molecule has 1 atom stereocenters. The quantitative estimate of drug-likeness (QED) is 0.732. The molecule has 1 fully saturated rings. The van der Waals surface area contributed by atoms with Crippen LogP contribution in [0.5, 0.6) is 0 Å². The summed E-state index contributed by atoms with van der Waals surface area (Å²) in [6.07, 6.45) is 6.27. The average molecular weight is 219 g/mol. The minimum Gasteiger partial charge on any atom is -0.381 e. The molecule has 3 nitrogen and oxygen atoms in total. The highest BCUT2D eigenvalue weighted by Crippen LogP contribution is 2.20. The molecule has 0 aliphatic carbocycles. The molecule has 2 heterocycles. The predicted octanol–water partition coefficient (Wildman–Crippen LogP) is 2.25. The molecule has 0 bridgehead atoms.